The van der Waals surface area contributed by atoms with Crippen molar-refractivity contribution in [2.75, 3.05) is 13.2 Å². The van der Waals surface area contributed by atoms with Gasteiger partial charge in [0.25, 0.3) is 5.91 Å². The van der Waals surface area contributed by atoms with E-state index in [0.29, 0.717) is 18.7 Å². The summed E-state index contributed by atoms with van der Waals surface area (Å²) < 4.78 is 1.60. The highest BCUT2D eigenvalue weighted by atomic mass is 16.3. The largest absolute Gasteiger partial charge is 0.396 e. The van der Waals surface area contributed by atoms with Crippen LogP contribution in [0.4, 0.5) is 0 Å². The molecule has 1 aromatic rings. The molecule has 1 amide bonds. The summed E-state index contributed by atoms with van der Waals surface area (Å²) in [6.45, 7) is 4.74. The molecule has 0 saturated heterocycles. The fourth-order valence-electron chi connectivity index (χ4n) is 1.59. The van der Waals surface area contributed by atoms with Crippen LogP contribution in [0.3, 0.4) is 0 Å². The molecule has 1 atom stereocenters. The molecule has 0 aliphatic heterocycles. The zero-order valence-electron chi connectivity index (χ0n) is 10.7. The fourth-order valence-corrected chi connectivity index (χ4v) is 1.59. The molecule has 2 N–H and O–H groups in total. The van der Waals surface area contributed by atoms with Crippen LogP contribution in [0.25, 0.3) is 0 Å². The van der Waals surface area contributed by atoms with Crippen LogP contribution in [0, 0.1) is 5.92 Å². The SMILES string of the molecule is CCc1cc(C(=O)NCC(C)CCO)n(C)n1. The molecule has 0 aliphatic carbocycles. The maximum absolute atomic E-state index is 11.9. The Hall–Kier alpha value is -1.36. The Morgan fingerprint density at radius 2 is 2.35 bits per heavy atom. The first-order chi connectivity index (χ1) is 8.08. The van der Waals surface area contributed by atoms with Crippen molar-refractivity contribution in [2.24, 2.45) is 13.0 Å². The van der Waals surface area contributed by atoms with Gasteiger partial charge in [-0.1, -0.05) is 13.8 Å². The molecule has 0 spiro atoms. The lowest BCUT2D eigenvalue weighted by Crippen LogP contribution is -2.30. The second-order valence-electron chi connectivity index (χ2n) is 4.33. The maximum Gasteiger partial charge on any atom is 0.269 e. The Bertz CT molecular complexity index is 374. The van der Waals surface area contributed by atoms with Gasteiger partial charge in [0.05, 0.1) is 5.69 Å². The van der Waals surface area contributed by atoms with Gasteiger partial charge < -0.3 is 10.4 Å². The Morgan fingerprint density at radius 3 is 2.88 bits per heavy atom. The van der Waals surface area contributed by atoms with Crippen LogP contribution in [0.2, 0.25) is 0 Å². The number of carbonyl (C=O) groups is 1. The highest BCUT2D eigenvalue weighted by Gasteiger charge is 2.13. The standard InChI is InChI=1S/C12H21N3O2/c1-4-10-7-11(15(3)14-10)12(17)13-8-9(2)5-6-16/h7,9,16H,4-6,8H2,1-3H3,(H,13,17). The summed E-state index contributed by atoms with van der Waals surface area (Å²) in [5.74, 6) is 0.173. The van der Waals surface area contributed by atoms with Crippen LogP contribution >= 0.6 is 0 Å². The minimum Gasteiger partial charge on any atom is -0.396 e. The normalized spacial score (nSPS) is 12.5. The molecule has 0 aliphatic rings. The monoisotopic (exact) mass is 239 g/mol. The van der Waals surface area contributed by atoms with Crippen molar-refractivity contribution >= 4 is 5.91 Å². The lowest BCUT2D eigenvalue weighted by molar-refractivity contribution is 0.0936. The topological polar surface area (TPSA) is 67.2 Å². The molecule has 0 bridgehead atoms. The van der Waals surface area contributed by atoms with Crippen LogP contribution in [-0.2, 0) is 13.5 Å². The molecule has 1 unspecified atom stereocenters. The van der Waals surface area contributed by atoms with Gasteiger partial charge in [-0.25, -0.2) is 0 Å². The van der Waals surface area contributed by atoms with Crippen molar-refractivity contribution in [1.82, 2.24) is 15.1 Å². The summed E-state index contributed by atoms with van der Waals surface area (Å²) in [5.41, 5.74) is 1.50. The molecule has 0 aromatic carbocycles. The lowest BCUT2D eigenvalue weighted by Gasteiger charge is -2.10. The predicted molar refractivity (Wildman–Crippen MR) is 65.8 cm³/mol. The maximum atomic E-state index is 11.9. The van der Waals surface area contributed by atoms with Crippen molar-refractivity contribution in [1.29, 1.82) is 0 Å². The Kier molecular flexibility index (Phi) is 5.15. The molecule has 1 heterocycles. The Balaban J connectivity index is 2.54. The summed E-state index contributed by atoms with van der Waals surface area (Å²) in [5, 5.41) is 15.9. The molecule has 1 aromatic heterocycles. The van der Waals surface area contributed by atoms with Gasteiger partial charge in [0.1, 0.15) is 5.69 Å². The van der Waals surface area contributed by atoms with E-state index < -0.39 is 0 Å². The summed E-state index contributed by atoms with van der Waals surface area (Å²) in [6, 6.07) is 1.81. The first kappa shape index (κ1) is 13.7. The molecule has 0 fully saturated rings. The van der Waals surface area contributed by atoms with Crippen molar-refractivity contribution in [3.63, 3.8) is 0 Å². The van der Waals surface area contributed by atoms with Gasteiger partial charge in [0.15, 0.2) is 0 Å². The third-order valence-electron chi connectivity index (χ3n) is 2.76. The molecular weight excluding hydrogens is 218 g/mol. The summed E-state index contributed by atoms with van der Waals surface area (Å²) in [7, 11) is 1.77. The molecule has 5 heteroatoms. The van der Waals surface area contributed by atoms with E-state index in [1.54, 1.807) is 11.7 Å². The molecule has 1 rings (SSSR count). The highest BCUT2D eigenvalue weighted by Crippen LogP contribution is 2.04. The zero-order valence-corrected chi connectivity index (χ0v) is 10.7. The van der Waals surface area contributed by atoms with E-state index in [9.17, 15) is 4.79 Å². The number of hydrogen-bond donors (Lipinski definition) is 2. The summed E-state index contributed by atoms with van der Waals surface area (Å²) >= 11 is 0. The quantitative estimate of drug-likeness (QED) is 0.769. The third kappa shape index (κ3) is 3.85. The van der Waals surface area contributed by atoms with Gasteiger partial charge in [0.2, 0.25) is 0 Å². The van der Waals surface area contributed by atoms with Crippen molar-refractivity contribution in [3.8, 4) is 0 Å². The molecule has 0 saturated carbocycles. The fraction of sp³-hybridized carbons (Fsp3) is 0.667. The number of nitrogens with zero attached hydrogens (tertiary/aromatic N) is 2. The van der Waals surface area contributed by atoms with Crippen molar-refractivity contribution < 1.29 is 9.90 Å². The van der Waals surface area contributed by atoms with E-state index in [-0.39, 0.29) is 18.4 Å². The Morgan fingerprint density at radius 1 is 1.65 bits per heavy atom. The van der Waals surface area contributed by atoms with E-state index in [1.807, 2.05) is 19.9 Å². The van der Waals surface area contributed by atoms with Crippen LogP contribution in [0.1, 0.15) is 36.5 Å². The number of aryl methyl sites for hydroxylation is 2. The zero-order chi connectivity index (χ0) is 12.8. The third-order valence-corrected chi connectivity index (χ3v) is 2.76. The van der Waals surface area contributed by atoms with E-state index in [4.69, 9.17) is 5.11 Å². The number of rotatable bonds is 6. The second kappa shape index (κ2) is 6.39. The molecule has 0 radical (unpaired) electrons. The van der Waals surface area contributed by atoms with Gasteiger partial charge >= 0.3 is 0 Å². The Labute approximate surface area is 102 Å². The van der Waals surface area contributed by atoms with E-state index in [2.05, 4.69) is 10.4 Å². The van der Waals surface area contributed by atoms with Gasteiger partial charge in [0, 0.05) is 20.2 Å². The van der Waals surface area contributed by atoms with E-state index in [1.165, 1.54) is 0 Å². The second-order valence-corrected chi connectivity index (χ2v) is 4.33. The number of amides is 1. The van der Waals surface area contributed by atoms with Crippen LogP contribution in [0.15, 0.2) is 6.07 Å². The van der Waals surface area contributed by atoms with Crippen molar-refractivity contribution in [2.45, 2.75) is 26.7 Å². The minimum absolute atomic E-state index is 0.107. The van der Waals surface area contributed by atoms with Gasteiger partial charge in [-0.05, 0) is 24.8 Å². The number of aliphatic hydroxyl groups excluding tert-OH is 1. The minimum atomic E-state index is -0.107. The van der Waals surface area contributed by atoms with Gasteiger partial charge in [-0.15, -0.1) is 0 Å². The molecular formula is C12H21N3O2. The summed E-state index contributed by atoms with van der Waals surface area (Å²) in [6.07, 6.45) is 1.52. The van der Waals surface area contributed by atoms with Crippen LogP contribution in [-0.4, -0.2) is 33.9 Å². The van der Waals surface area contributed by atoms with Crippen molar-refractivity contribution in [3.05, 3.63) is 17.5 Å². The van der Waals surface area contributed by atoms with E-state index in [0.717, 1.165) is 12.1 Å². The number of aromatic nitrogens is 2. The highest BCUT2D eigenvalue weighted by molar-refractivity contribution is 5.92. The summed E-state index contributed by atoms with van der Waals surface area (Å²) in [4.78, 5) is 11.9. The first-order valence-corrected chi connectivity index (χ1v) is 6.00. The predicted octanol–water partition coefficient (Wildman–Crippen LogP) is 0.731. The van der Waals surface area contributed by atoms with Crippen LogP contribution < -0.4 is 5.32 Å². The number of carbonyl (C=O) groups excluding carboxylic acids is 1. The average Bonchev–Trinajstić information content (AvgIpc) is 2.68. The van der Waals surface area contributed by atoms with Gasteiger partial charge in [-0.2, -0.15) is 5.10 Å². The van der Waals surface area contributed by atoms with Crippen LogP contribution in [0.5, 0.6) is 0 Å². The smallest absolute Gasteiger partial charge is 0.269 e. The molecule has 5 nitrogen and oxygen atoms in total. The number of nitrogens with one attached hydrogen (secondary N) is 1. The molecule has 96 valence electrons. The van der Waals surface area contributed by atoms with Gasteiger partial charge in [-0.3, -0.25) is 9.48 Å². The number of aliphatic hydroxyl groups is 1. The van der Waals surface area contributed by atoms with E-state index >= 15 is 0 Å². The first-order valence-electron chi connectivity index (χ1n) is 6.00. The lowest BCUT2D eigenvalue weighted by atomic mass is 10.1. The molecule has 17 heavy (non-hydrogen) atoms. The number of hydrogen-bond acceptors (Lipinski definition) is 3. The average molecular weight is 239 g/mol.